The summed E-state index contributed by atoms with van der Waals surface area (Å²) in [5, 5.41) is 2.16. The van der Waals surface area contributed by atoms with Crippen molar-refractivity contribution in [1.82, 2.24) is 5.32 Å². The maximum absolute atomic E-state index is 13.2. The summed E-state index contributed by atoms with van der Waals surface area (Å²) in [6, 6.07) is 0.547. The molecule has 0 aliphatic rings. The molecule has 2 atom stereocenters. The Labute approximate surface area is 147 Å². The molecule has 3 N–H and O–H groups in total. The molecule has 142 valence electrons. The Morgan fingerprint density at radius 3 is 1.85 bits per heavy atom. The van der Waals surface area contributed by atoms with E-state index < -0.39 is 58.8 Å². The van der Waals surface area contributed by atoms with Gasteiger partial charge in [-0.2, -0.15) is 0 Å². The zero-order valence-corrected chi connectivity index (χ0v) is 14.2. The van der Waals surface area contributed by atoms with Gasteiger partial charge in [0.05, 0.1) is 14.2 Å². The standard InChI is InChI=1S/C16H18F2N2O6/c1-7(11(15(23)25-2)16(24)26-3)12(13(19)21)20-14(22)8-4-9(17)6-10(18)5-8/h4-7,11-12H,1-3H3,(H2,19,21)(H,20,22)/t7-,12-/m1/s1. The molecule has 1 rings (SSSR count). The number of methoxy groups -OCH3 is 2. The highest BCUT2D eigenvalue weighted by Gasteiger charge is 2.41. The van der Waals surface area contributed by atoms with E-state index in [1.165, 1.54) is 6.92 Å². The summed E-state index contributed by atoms with van der Waals surface area (Å²) >= 11 is 0. The van der Waals surface area contributed by atoms with E-state index in [1.54, 1.807) is 0 Å². The third kappa shape index (κ3) is 4.98. The second kappa shape index (κ2) is 8.88. The summed E-state index contributed by atoms with van der Waals surface area (Å²) in [7, 11) is 2.05. The van der Waals surface area contributed by atoms with Crippen molar-refractivity contribution in [1.29, 1.82) is 0 Å². The highest BCUT2D eigenvalue weighted by molar-refractivity contribution is 5.99. The second-order valence-electron chi connectivity index (χ2n) is 5.39. The molecule has 0 radical (unpaired) electrons. The number of carbonyl (C=O) groups is 4. The molecule has 0 fully saturated rings. The number of hydrogen-bond acceptors (Lipinski definition) is 6. The van der Waals surface area contributed by atoms with E-state index in [0.29, 0.717) is 6.07 Å². The van der Waals surface area contributed by atoms with Crippen molar-refractivity contribution in [2.75, 3.05) is 14.2 Å². The summed E-state index contributed by atoms with van der Waals surface area (Å²) < 4.78 is 35.5. The zero-order valence-electron chi connectivity index (χ0n) is 14.2. The van der Waals surface area contributed by atoms with Crippen LogP contribution >= 0.6 is 0 Å². The highest BCUT2D eigenvalue weighted by Crippen LogP contribution is 2.20. The lowest BCUT2D eigenvalue weighted by Gasteiger charge is -2.26. The number of benzene rings is 1. The number of primary amides is 1. The van der Waals surface area contributed by atoms with Crippen LogP contribution in [0.5, 0.6) is 0 Å². The van der Waals surface area contributed by atoms with Crippen LogP contribution in [0.4, 0.5) is 8.78 Å². The number of amides is 2. The fraction of sp³-hybridized carbons (Fsp3) is 0.375. The van der Waals surface area contributed by atoms with Crippen molar-refractivity contribution < 1.29 is 37.4 Å². The molecule has 0 bridgehead atoms. The molecule has 0 unspecified atom stereocenters. The minimum atomic E-state index is -1.55. The zero-order chi connectivity index (χ0) is 20.0. The molecule has 26 heavy (non-hydrogen) atoms. The Kier molecular flexibility index (Phi) is 7.17. The van der Waals surface area contributed by atoms with Crippen molar-refractivity contribution in [3.63, 3.8) is 0 Å². The lowest BCUT2D eigenvalue weighted by molar-refractivity contribution is -0.161. The molecule has 10 heteroatoms. The molecular weight excluding hydrogens is 354 g/mol. The summed E-state index contributed by atoms with van der Waals surface area (Å²) in [5.41, 5.74) is 4.83. The van der Waals surface area contributed by atoms with Gasteiger partial charge in [0.2, 0.25) is 5.91 Å². The maximum Gasteiger partial charge on any atom is 0.320 e. The van der Waals surface area contributed by atoms with Crippen LogP contribution in [0, 0.1) is 23.5 Å². The molecule has 0 aliphatic carbocycles. The Morgan fingerprint density at radius 2 is 1.46 bits per heavy atom. The molecule has 1 aromatic carbocycles. The molecule has 0 aromatic heterocycles. The van der Waals surface area contributed by atoms with Crippen molar-refractivity contribution >= 4 is 23.8 Å². The van der Waals surface area contributed by atoms with Gasteiger partial charge in [-0.3, -0.25) is 19.2 Å². The minimum absolute atomic E-state index is 0.409. The van der Waals surface area contributed by atoms with E-state index in [-0.39, 0.29) is 0 Å². The van der Waals surface area contributed by atoms with Gasteiger partial charge >= 0.3 is 11.9 Å². The van der Waals surface area contributed by atoms with E-state index in [2.05, 4.69) is 14.8 Å². The normalized spacial score (nSPS) is 12.8. The number of halogens is 2. The van der Waals surface area contributed by atoms with E-state index in [1.807, 2.05) is 0 Å². The van der Waals surface area contributed by atoms with Crippen LogP contribution in [-0.2, 0) is 23.9 Å². The minimum Gasteiger partial charge on any atom is -0.468 e. The van der Waals surface area contributed by atoms with E-state index in [0.717, 1.165) is 26.4 Å². The van der Waals surface area contributed by atoms with Gasteiger partial charge in [0.1, 0.15) is 17.7 Å². The van der Waals surface area contributed by atoms with Crippen molar-refractivity contribution in [3.05, 3.63) is 35.4 Å². The van der Waals surface area contributed by atoms with Gasteiger partial charge in [-0.05, 0) is 12.1 Å². The number of hydrogen-bond donors (Lipinski definition) is 2. The first-order valence-corrected chi connectivity index (χ1v) is 7.34. The molecule has 0 spiro atoms. The van der Waals surface area contributed by atoms with E-state index in [4.69, 9.17) is 5.73 Å². The first-order chi connectivity index (χ1) is 12.1. The Morgan fingerprint density at radius 1 is 1.00 bits per heavy atom. The lowest BCUT2D eigenvalue weighted by Crippen LogP contribution is -2.52. The smallest absolute Gasteiger partial charge is 0.320 e. The van der Waals surface area contributed by atoms with Crippen molar-refractivity contribution in [3.8, 4) is 0 Å². The average Bonchev–Trinajstić information content (AvgIpc) is 2.57. The summed E-state index contributed by atoms with van der Waals surface area (Å²) in [6.07, 6.45) is 0. The topological polar surface area (TPSA) is 125 Å². The molecule has 0 heterocycles. The van der Waals surface area contributed by atoms with Gasteiger partial charge in [0.15, 0.2) is 5.92 Å². The third-order valence-corrected chi connectivity index (χ3v) is 3.68. The molecule has 0 saturated carbocycles. The van der Waals surface area contributed by atoms with Crippen molar-refractivity contribution in [2.45, 2.75) is 13.0 Å². The predicted octanol–water partition coefficient (Wildman–Crippen LogP) is 0.147. The van der Waals surface area contributed by atoms with E-state index >= 15 is 0 Å². The van der Waals surface area contributed by atoms with Crippen LogP contribution in [0.3, 0.4) is 0 Å². The van der Waals surface area contributed by atoms with Crippen LogP contribution in [-0.4, -0.2) is 44.0 Å². The van der Waals surface area contributed by atoms with Crippen molar-refractivity contribution in [2.24, 2.45) is 17.6 Å². The first-order valence-electron chi connectivity index (χ1n) is 7.34. The number of esters is 2. The highest BCUT2D eigenvalue weighted by atomic mass is 19.1. The number of carbonyl (C=O) groups excluding carboxylic acids is 4. The molecule has 2 amide bonds. The molecule has 8 nitrogen and oxygen atoms in total. The maximum atomic E-state index is 13.2. The van der Waals surface area contributed by atoms with Gasteiger partial charge in [-0.15, -0.1) is 0 Å². The lowest BCUT2D eigenvalue weighted by atomic mass is 9.86. The molecular formula is C16H18F2N2O6. The number of rotatable bonds is 7. The fourth-order valence-corrected chi connectivity index (χ4v) is 2.34. The number of nitrogens with two attached hydrogens (primary N) is 1. The predicted molar refractivity (Wildman–Crippen MR) is 83.5 cm³/mol. The van der Waals surface area contributed by atoms with Crippen LogP contribution < -0.4 is 11.1 Å². The van der Waals surface area contributed by atoms with Gasteiger partial charge in [0.25, 0.3) is 5.91 Å². The average molecular weight is 372 g/mol. The summed E-state index contributed by atoms with van der Waals surface area (Å²) in [5.74, 6) is -8.79. The largest absolute Gasteiger partial charge is 0.468 e. The number of ether oxygens (including phenoxy) is 2. The Balaban J connectivity index is 3.13. The Hall–Kier alpha value is -3.04. The second-order valence-corrected chi connectivity index (χ2v) is 5.39. The van der Waals surface area contributed by atoms with Gasteiger partial charge < -0.3 is 20.5 Å². The third-order valence-electron chi connectivity index (χ3n) is 3.68. The van der Waals surface area contributed by atoms with Crippen LogP contribution in [0.2, 0.25) is 0 Å². The quantitative estimate of drug-likeness (QED) is 0.518. The fourth-order valence-electron chi connectivity index (χ4n) is 2.34. The van der Waals surface area contributed by atoms with Crippen LogP contribution in [0.15, 0.2) is 18.2 Å². The molecule has 0 aliphatic heterocycles. The molecule has 1 aromatic rings. The SMILES string of the molecule is COC(=O)C(C(=O)OC)[C@@H](C)[C@@H](NC(=O)c1cc(F)cc(F)c1)C(N)=O. The van der Waals surface area contributed by atoms with Gasteiger partial charge in [0, 0.05) is 17.5 Å². The van der Waals surface area contributed by atoms with Gasteiger partial charge in [-0.1, -0.05) is 6.92 Å². The summed E-state index contributed by atoms with van der Waals surface area (Å²) in [4.78, 5) is 47.6. The molecule has 0 saturated heterocycles. The van der Waals surface area contributed by atoms with Crippen LogP contribution in [0.25, 0.3) is 0 Å². The summed E-state index contributed by atoms with van der Waals surface area (Å²) in [6.45, 7) is 1.29. The monoisotopic (exact) mass is 372 g/mol. The van der Waals surface area contributed by atoms with Gasteiger partial charge in [-0.25, -0.2) is 8.78 Å². The van der Waals surface area contributed by atoms with Crippen LogP contribution in [0.1, 0.15) is 17.3 Å². The van der Waals surface area contributed by atoms with E-state index in [9.17, 15) is 28.0 Å². The number of nitrogens with one attached hydrogen (secondary N) is 1. The Bertz CT molecular complexity index is 688. The first kappa shape index (κ1) is 21.0.